The minimum Gasteiger partial charge on any atom is -0.490 e. The van der Waals surface area contributed by atoms with Gasteiger partial charge in [0.2, 0.25) is 11.8 Å². The fourth-order valence-electron chi connectivity index (χ4n) is 3.06. The first-order valence-electron chi connectivity index (χ1n) is 9.74. The standard InChI is InChI=1S/C20H31N3O4/c1-4-8-21-19(24)12-22-20(25)14-23-9-7-15-10-17(26-5-2)18(27-6-3)11-16(15)13-23/h10-11H,4-9,12-14H2,1-3H3,(H,21,24)(H,22,25). The SMILES string of the molecule is CCCNC(=O)CNC(=O)CN1CCc2cc(OCC)c(OCC)cc2C1. The van der Waals surface area contributed by atoms with Gasteiger partial charge in [-0.05, 0) is 49.9 Å². The number of hydrogen-bond acceptors (Lipinski definition) is 5. The maximum atomic E-state index is 12.1. The Kier molecular flexibility index (Phi) is 8.39. The smallest absolute Gasteiger partial charge is 0.239 e. The van der Waals surface area contributed by atoms with Gasteiger partial charge in [-0.2, -0.15) is 0 Å². The summed E-state index contributed by atoms with van der Waals surface area (Å²) in [5, 5.41) is 5.43. The van der Waals surface area contributed by atoms with E-state index in [1.807, 2.05) is 26.8 Å². The molecule has 0 bridgehead atoms. The molecule has 7 heteroatoms. The predicted octanol–water partition coefficient (Wildman–Crippen LogP) is 1.48. The molecule has 0 radical (unpaired) electrons. The molecule has 0 spiro atoms. The lowest BCUT2D eigenvalue weighted by molar-refractivity contribution is -0.126. The molecule has 0 saturated heterocycles. The van der Waals surface area contributed by atoms with Gasteiger partial charge in [0, 0.05) is 19.6 Å². The van der Waals surface area contributed by atoms with Crippen LogP contribution >= 0.6 is 0 Å². The molecular formula is C20H31N3O4. The summed E-state index contributed by atoms with van der Waals surface area (Å²) in [7, 11) is 0. The molecule has 27 heavy (non-hydrogen) atoms. The average Bonchev–Trinajstić information content (AvgIpc) is 2.65. The van der Waals surface area contributed by atoms with E-state index < -0.39 is 0 Å². The number of carbonyl (C=O) groups is 2. The summed E-state index contributed by atoms with van der Waals surface area (Å²) in [5.41, 5.74) is 2.39. The third kappa shape index (κ3) is 6.43. The fourth-order valence-corrected chi connectivity index (χ4v) is 3.06. The number of hydrogen-bond donors (Lipinski definition) is 2. The van der Waals surface area contributed by atoms with Crippen molar-refractivity contribution in [1.29, 1.82) is 0 Å². The van der Waals surface area contributed by atoms with Gasteiger partial charge in [-0.1, -0.05) is 6.92 Å². The molecule has 0 aromatic heterocycles. The predicted molar refractivity (Wildman–Crippen MR) is 104 cm³/mol. The Labute approximate surface area is 161 Å². The van der Waals surface area contributed by atoms with Crippen LogP contribution in [0.1, 0.15) is 38.3 Å². The monoisotopic (exact) mass is 377 g/mol. The largest absolute Gasteiger partial charge is 0.490 e. The third-order valence-corrected chi connectivity index (χ3v) is 4.34. The quantitative estimate of drug-likeness (QED) is 0.646. The van der Waals surface area contributed by atoms with Gasteiger partial charge >= 0.3 is 0 Å². The van der Waals surface area contributed by atoms with E-state index in [9.17, 15) is 9.59 Å². The summed E-state index contributed by atoms with van der Waals surface area (Å²) < 4.78 is 11.4. The first-order valence-corrected chi connectivity index (χ1v) is 9.74. The number of nitrogens with one attached hydrogen (secondary N) is 2. The van der Waals surface area contributed by atoms with Crippen molar-refractivity contribution in [3.8, 4) is 11.5 Å². The van der Waals surface area contributed by atoms with Crippen molar-refractivity contribution in [2.75, 3.05) is 39.4 Å². The number of carbonyl (C=O) groups excluding carboxylic acids is 2. The Balaban J connectivity index is 1.92. The lowest BCUT2D eigenvalue weighted by atomic mass is 9.99. The highest BCUT2D eigenvalue weighted by Crippen LogP contribution is 2.33. The minimum atomic E-state index is -0.154. The Bertz CT molecular complexity index is 648. The third-order valence-electron chi connectivity index (χ3n) is 4.34. The van der Waals surface area contributed by atoms with Crippen LogP contribution in [0.25, 0.3) is 0 Å². The van der Waals surface area contributed by atoms with E-state index in [1.165, 1.54) is 5.56 Å². The zero-order valence-electron chi connectivity index (χ0n) is 16.6. The number of rotatable bonds is 10. The Morgan fingerprint density at radius 2 is 1.67 bits per heavy atom. The van der Waals surface area contributed by atoms with Crippen LogP contribution in [0.5, 0.6) is 11.5 Å². The maximum Gasteiger partial charge on any atom is 0.239 e. The van der Waals surface area contributed by atoms with E-state index in [4.69, 9.17) is 9.47 Å². The van der Waals surface area contributed by atoms with Crippen molar-refractivity contribution >= 4 is 11.8 Å². The van der Waals surface area contributed by atoms with Crippen LogP contribution in [0.4, 0.5) is 0 Å². The summed E-state index contributed by atoms with van der Waals surface area (Å²) in [5.74, 6) is 1.24. The molecular weight excluding hydrogens is 346 g/mol. The fraction of sp³-hybridized carbons (Fsp3) is 0.600. The maximum absolute atomic E-state index is 12.1. The first kappa shape index (κ1) is 21.0. The van der Waals surface area contributed by atoms with Crippen LogP contribution in [0.2, 0.25) is 0 Å². The number of amides is 2. The summed E-state index contributed by atoms with van der Waals surface area (Å²) >= 11 is 0. The first-order chi connectivity index (χ1) is 13.1. The second-order valence-electron chi connectivity index (χ2n) is 6.52. The Morgan fingerprint density at radius 1 is 1.00 bits per heavy atom. The molecule has 1 aromatic rings. The molecule has 1 aromatic carbocycles. The minimum absolute atomic E-state index is 0.0233. The van der Waals surface area contributed by atoms with Crippen molar-refractivity contribution in [2.45, 2.75) is 40.2 Å². The number of benzene rings is 1. The van der Waals surface area contributed by atoms with Gasteiger partial charge in [-0.3, -0.25) is 14.5 Å². The highest BCUT2D eigenvalue weighted by Gasteiger charge is 2.21. The molecule has 7 nitrogen and oxygen atoms in total. The molecule has 2 N–H and O–H groups in total. The van der Waals surface area contributed by atoms with Gasteiger partial charge in [0.05, 0.1) is 26.3 Å². The molecule has 0 fully saturated rings. The van der Waals surface area contributed by atoms with Crippen molar-refractivity contribution < 1.29 is 19.1 Å². The van der Waals surface area contributed by atoms with Gasteiger partial charge in [-0.15, -0.1) is 0 Å². The number of fused-ring (bicyclic) bond motifs is 1. The number of ether oxygens (including phenoxy) is 2. The van der Waals surface area contributed by atoms with Gasteiger partial charge in [0.25, 0.3) is 0 Å². The highest BCUT2D eigenvalue weighted by atomic mass is 16.5. The topological polar surface area (TPSA) is 79.9 Å². The van der Waals surface area contributed by atoms with E-state index in [1.54, 1.807) is 0 Å². The van der Waals surface area contributed by atoms with Gasteiger partial charge in [0.1, 0.15) is 0 Å². The molecule has 1 heterocycles. The molecule has 1 aliphatic heterocycles. The molecule has 0 unspecified atom stereocenters. The van der Waals surface area contributed by atoms with Crippen LogP contribution in [0, 0.1) is 0 Å². The van der Waals surface area contributed by atoms with E-state index in [2.05, 4.69) is 21.6 Å². The summed E-state index contributed by atoms with van der Waals surface area (Å²) in [6.07, 6.45) is 1.73. The molecule has 0 atom stereocenters. The summed E-state index contributed by atoms with van der Waals surface area (Å²) in [4.78, 5) is 25.8. The highest BCUT2D eigenvalue weighted by molar-refractivity contribution is 5.85. The van der Waals surface area contributed by atoms with Crippen molar-refractivity contribution in [3.05, 3.63) is 23.3 Å². The summed E-state index contributed by atoms with van der Waals surface area (Å²) in [6.45, 7) is 9.46. The Morgan fingerprint density at radius 3 is 2.30 bits per heavy atom. The van der Waals surface area contributed by atoms with E-state index in [0.717, 1.165) is 36.4 Å². The van der Waals surface area contributed by atoms with Crippen molar-refractivity contribution in [2.24, 2.45) is 0 Å². The Hall–Kier alpha value is -2.28. The van der Waals surface area contributed by atoms with E-state index >= 15 is 0 Å². The van der Waals surface area contributed by atoms with Crippen LogP contribution in [0.3, 0.4) is 0 Å². The lowest BCUT2D eigenvalue weighted by Gasteiger charge is -2.29. The van der Waals surface area contributed by atoms with Crippen LogP contribution < -0.4 is 20.1 Å². The van der Waals surface area contributed by atoms with Gasteiger partial charge < -0.3 is 20.1 Å². The zero-order valence-corrected chi connectivity index (χ0v) is 16.6. The molecule has 0 saturated carbocycles. The van der Waals surface area contributed by atoms with Crippen molar-refractivity contribution in [3.63, 3.8) is 0 Å². The van der Waals surface area contributed by atoms with Gasteiger partial charge in [-0.25, -0.2) is 0 Å². The molecule has 0 aliphatic carbocycles. The van der Waals surface area contributed by atoms with Gasteiger partial charge in [0.15, 0.2) is 11.5 Å². The van der Waals surface area contributed by atoms with E-state index in [0.29, 0.717) is 26.3 Å². The van der Waals surface area contributed by atoms with Crippen LogP contribution in [-0.4, -0.2) is 56.1 Å². The van der Waals surface area contributed by atoms with Crippen LogP contribution in [0.15, 0.2) is 12.1 Å². The molecule has 2 amide bonds. The molecule has 1 aliphatic rings. The second-order valence-corrected chi connectivity index (χ2v) is 6.52. The normalized spacial score (nSPS) is 13.6. The average molecular weight is 377 g/mol. The lowest BCUT2D eigenvalue weighted by Crippen LogP contribution is -2.43. The number of nitrogens with zero attached hydrogens (tertiary/aromatic N) is 1. The molecule has 150 valence electrons. The van der Waals surface area contributed by atoms with E-state index in [-0.39, 0.29) is 24.9 Å². The second kappa shape index (κ2) is 10.8. The van der Waals surface area contributed by atoms with Crippen molar-refractivity contribution in [1.82, 2.24) is 15.5 Å². The zero-order chi connectivity index (χ0) is 19.6. The summed E-state index contributed by atoms with van der Waals surface area (Å²) in [6, 6.07) is 4.07. The molecule has 2 rings (SSSR count). The van der Waals surface area contributed by atoms with Crippen LogP contribution in [-0.2, 0) is 22.6 Å².